The summed E-state index contributed by atoms with van der Waals surface area (Å²) >= 11 is 0. The summed E-state index contributed by atoms with van der Waals surface area (Å²) in [5.41, 5.74) is 4.10. The van der Waals surface area contributed by atoms with Crippen LogP contribution in [0.4, 0.5) is 0 Å². The number of likely N-dealkylation sites (tertiary alicyclic amines) is 1. The highest BCUT2D eigenvalue weighted by Gasteiger charge is 2.27. The number of aryl methyl sites for hydroxylation is 2. The number of esters is 1. The monoisotopic (exact) mass is 372 g/mol. The van der Waals surface area contributed by atoms with Crippen LogP contribution in [0, 0.1) is 5.92 Å². The van der Waals surface area contributed by atoms with Crippen LogP contribution in [0.15, 0.2) is 18.2 Å². The van der Waals surface area contributed by atoms with Crippen molar-refractivity contribution in [3.8, 4) is 0 Å². The second-order valence-electron chi connectivity index (χ2n) is 7.83. The zero-order chi connectivity index (χ0) is 19.2. The maximum absolute atomic E-state index is 12.5. The van der Waals surface area contributed by atoms with Gasteiger partial charge in [-0.25, -0.2) is 0 Å². The lowest BCUT2D eigenvalue weighted by Crippen LogP contribution is -2.43. The van der Waals surface area contributed by atoms with E-state index in [0.717, 1.165) is 32.4 Å². The molecule has 1 saturated heterocycles. The predicted molar refractivity (Wildman–Crippen MR) is 105 cm³/mol. The summed E-state index contributed by atoms with van der Waals surface area (Å²) < 4.78 is 5.10. The fourth-order valence-electron chi connectivity index (χ4n) is 4.18. The third-order valence-corrected chi connectivity index (χ3v) is 5.82. The minimum atomic E-state index is -0.0948. The zero-order valence-electron chi connectivity index (χ0n) is 16.6. The van der Waals surface area contributed by atoms with E-state index in [2.05, 4.69) is 35.3 Å². The highest BCUT2D eigenvalue weighted by atomic mass is 16.5. The number of piperidine rings is 1. The van der Waals surface area contributed by atoms with Gasteiger partial charge in [0.15, 0.2) is 0 Å². The van der Waals surface area contributed by atoms with E-state index in [1.165, 1.54) is 36.0 Å². The van der Waals surface area contributed by atoms with E-state index in [-0.39, 0.29) is 23.8 Å². The number of rotatable bonds is 6. The van der Waals surface area contributed by atoms with Gasteiger partial charge in [0.05, 0.1) is 25.1 Å². The third kappa shape index (κ3) is 5.32. The van der Waals surface area contributed by atoms with Crippen LogP contribution in [0.1, 0.15) is 62.3 Å². The smallest absolute Gasteiger partial charge is 0.309 e. The molecule has 1 atom stereocenters. The fraction of sp³-hybridized carbons (Fsp3) is 0.636. The number of fused-ring (bicyclic) bond motifs is 1. The Bertz CT molecular complexity index is 666. The second-order valence-corrected chi connectivity index (χ2v) is 7.83. The Hall–Kier alpha value is -1.88. The lowest BCUT2D eigenvalue weighted by molar-refractivity contribution is -0.149. The van der Waals surface area contributed by atoms with Gasteiger partial charge in [0.1, 0.15) is 0 Å². The zero-order valence-corrected chi connectivity index (χ0v) is 16.6. The number of benzene rings is 1. The lowest BCUT2D eigenvalue weighted by atomic mass is 9.89. The van der Waals surface area contributed by atoms with E-state index in [4.69, 9.17) is 4.74 Å². The van der Waals surface area contributed by atoms with Crippen molar-refractivity contribution < 1.29 is 14.3 Å². The molecule has 1 aromatic rings. The van der Waals surface area contributed by atoms with Crippen LogP contribution in [-0.2, 0) is 27.2 Å². The largest absolute Gasteiger partial charge is 0.466 e. The number of carbonyl (C=O) groups is 2. The van der Waals surface area contributed by atoms with E-state index < -0.39 is 0 Å². The van der Waals surface area contributed by atoms with Gasteiger partial charge in [0.25, 0.3) is 0 Å². The minimum Gasteiger partial charge on any atom is -0.466 e. The van der Waals surface area contributed by atoms with E-state index in [1.807, 2.05) is 6.92 Å². The second kappa shape index (κ2) is 9.36. The van der Waals surface area contributed by atoms with Gasteiger partial charge in [-0.3, -0.25) is 14.5 Å². The van der Waals surface area contributed by atoms with Gasteiger partial charge in [-0.05, 0) is 82.2 Å². The van der Waals surface area contributed by atoms with Crippen LogP contribution in [-0.4, -0.2) is 43.0 Å². The fourth-order valence-corrected chi connectivity index (χ4v) is 4.18. The van der Waals surface area contributed by atoms with Crippen molar-refractivity contribution in [1.82, 2.24) is 10.2 Å². The molecule has 0 radical (unpaired) electrons. The quantitative estimate of drug-likeness (QED) is 0.780. The summed E-state index contributed by atoms with van der Waals surface area (Å²) in [6.07, 6.45) is 6.42. The highest BCUT2D eigenvalue weighted by Crippen LogP contribution is 2.25. The Morgan fingerprint density at radius 3 is 2.59 bits per heavy atom. The number of nitrogens with zero attached hydrogens (tertiary/aromatic N) is 1. The summed E-state index contributed by atoms with van der Waals surface area (Å²) in [5.74, 6) is -0.0591. The van der Waals surface area contributed by atoms with Gasteiger partial charge < -0.3 is 10.1 Å². The molecule has 2 aliphatic rings. The van der Waals surface area contributed by atoms with Crippen LogP contribution in [0.25, 0.3) is 0 Å². The summed E-state index contributed by atoms with van der Waals surface area (Å²) in [5, 5.41) is 3.13. The molecular formula is C22H32N2O3. The maximum atomic E-state index is 12.5. The molecule has 0 bridgehead atoms. The van der Waals surface area contributed by atoms with Gasteiger partial charge in [-0.1, -0.05) is 18.2 Å². The van der Waals surface area contributed by atoms with Gasteiger partial charge in [-0.2, -0.15) is 0 Å². The topological polar surface area (TPSA) is 58.6 Å². The molecule has 1 heterocycles. The van der Waals surface area contributed by atoms with E-state index in [9.17, 15) is 9.59 Å². The molecule has 1 aliphatic carbocycles. The molecule has 1 unspecified atom stereocenters. The Kier molecular flexibility index (Phi) is 6.89. The van der Waals surface area contributed by atoms with Gasteiger partial charge in [-0.15, -0.1) is 0 Å². The van der Waals surface area contributed by atoms with Crippen molar-refractivity contribution in [2.45, 2.75) is 58.4 Å². The molecular weight excluding hydrogens is 340 g/mol. The van der Waals surface area contributed by atoms with Crippen molar-refractivity contribution >= 4 is 11.9 Å². The van der Waals surface area contributed by atoms with Crippen LogP contribution in [0.3, 0.4) is 0 Å². The predicted octanol–water partition coefficient (Wildman–Crippen LogP) is 3.02. The average molecular weight is 373 g/mol. The maximum Gasteiger partial charge on any atom is 0.309 e. The molecule has 1 N–H and O–H groups in total. The molecule has 3 rings (SSSR count). The molecule has 5 heteroatoms. The van der Waals surface area contributed by atoms with Gasteiger partial charge >= 0.3 is 5.97 Å². The van der Waals surface area contributed by atoms with Crippen molar-refractivity contribution in [2.75, 3.05) is 26.2 Å². The first-order valence-corrected chi connectivity index (χ1v) is 10.4. The van der Waals surface area contributed by atoms with E-state index in [0.29, 0.717) is 13.2 Å². The van der Waals surface area contributed by atoms with Crippen molar-refractivity contribution in [3.05, 3.63) is 34.9 Å². The van der Waals surface area contributed by atoms with Gasteiger partial charge in [0, 0.05) is 0 Å². The van der Waals surface area contributed by atoms with Crippen LogP contribution >= 0.6 is 0 Å². The first-order chi connectivity index (χ1) is 13.1. The van der Waals surface area contributed by atoms with Crippen molar-refractivity contribution in [1.29, 1.82) is 0 Å². The molecule has 0 aromatic heterocycles. The Morgan fingerprint density at radius 1 is 1.19 bits per heavy atom. The SMILES string of the molecule is CCOC(=O)C1CCN(CC(=O)NC(C)c2ccc3c(c2)CCCC3)CC1. The van der Waals surface area contributed by atoms with Crippen LogP contribution < -0.4 is 5.32 Å². The number of ether oxygens (including phenoxy) is 1. The van der Waals surface area contributed by atoms with Crippen molar-refractivity contribution in [3.63, 3.8) is 0 Å². The summed E-state index contributed by atoms with van der Waals surface area (Å²) in [4.78, 5) is 26.4. The van der Waals surface area contributed by atoms with Gasteiger partial charge in [0.2, 0.25) is 5.91 Å². The first kappa shape index (κ1) is 19.9. The number of nitrogens with one attached hydrogen (secondary N) is 1. The highest BCUT2D eigenvalue weighted by molar-refractivity contribution is 5.78. The molecule has 148 valence electrons. The molecule has 1 amide bonds. The number of hydrogen-bond donors (Lipinski definition) is 1. The summed E-state index contributed by atoms with van der Waals surface area (Å²) in [6, 6.07) is 6.67. The van der Waals surface area contributed by atoms with Crippen LogP contribution in [0.5, 0.6) is 0 Å². The number of carbonyl (C=O) groups excluding carboxylic acids is 2. The minimum absolute atomic E-state index is 0.0151. The summed E-state index contributed by atoms with van der Waals surface area (Å²) in [6.45, 7) is 6.25. The molecule has 27 heavy (non-hydrogen) atoms. The normalized spacial score (nSPS) is 19.2. The lowest BCUT2D eigenvalue weighted by Gasteiger charge is -2.30. The Labute approximate surface area is 162 Å². The van der Waals surface area contributed by atoms with Crippen molar-refractivity contribution in [2.24, 2.45) is 5.92 Å². The average Bonchev–Trinajstić information content (AvgIpc) is 2.68. The third-order valence-electron chi connectivity index (χ3n) is 5.82. The molecule has 1 aliphatic heterocycles. The Morgan fingerprint density at radius 2 is 1.89 bits per heavy atom. The van der Waals surface area contributed by atoms with E-state index in [1.54, 1.807) is 0 Å². The molecule has 0 saturated carbocycles. The van der Waals surface area contributed by atoms with E-state index >= 15 is 0 Å². The molecule has 1 fully saturated rings. The summed E-state index contributed by atoms with van der Waals surface area (Å²) in [7, 11) is 0. The number of hydrogen-bond acceptors (Lipinski definition) is 4. The molecule has 5 nitrogen and oxygen atoms in total. The van der Waals surface area contributed by atoms with Crippen LogP contribution in [0.2, 0.25) is 0 Å². The standard InChI is InChI=1S/C22H32N2O3/c1-3-27-22(26)18-10-12-24(13-11-18)15-21(25)23-16(2)19-9-8-17-6-4-5-7-20(17)14-19/h8-9,14,16,18H,3-7,10-13,15H2,1-2H3,(H,23,25). The first-order valence-electron chi connectivity index (χ1n) is 10.4. The molecule has 0 spiro atoms. The molecule has 1 aromatic carbocycles. The Balaban J connectivity index is 1.46. The number of amides is 1.